The van der Waals surface area contributed by atoms with E-state index in [-0.39, 0.29) is 17.7 Å². The van der Waals surface area contributed by atoms with Crippen molar-refractivity contribution in [2.45, 2.75) is 19.3 Å². The van der Waals surface area contributed by atoms with E-state index in [2.05, 4.69) is 10.2 Å². The molecule has 0 saturated carbocycles. The van der Waals surface area contributed by atoms with E-state index in [1.165, 1.54) is 10.4 Å². The Labute approximate surface area is 153 Å². The Morgan fingerprint density at radius 2 is 2.12 bits per heavy atom. The van der Waals surface area contributed by atoms with Crippen LogP contribution in [0.4, 0.5) is 0 Å². The van der Waals surface area contributed by atoms with E-state index in [0.717, 1.165) is 57.0 Å². The van der Waals surface area contributed by atoms with Gasteiger partial charge >= 0.3 is 0 Å². The lowest BCUT2D eigenvalue weighted by Gasteiger charge is -2.27. The molecule has 1 fully saturated rings. The Balaban J connectivity index is 1.49. The van der Waals surface area contributed by atoms with Crippen LogP contribution in [-0.2, 0) is 22.4 Å². The minimum atomic E-state index is 0.0223. The molecule has 0 aromatic carbocycles. The van der Waals surface area contributed by atoms with Crippen molar-refractivity contribution in [2.75, 3.05) is 53.5 Å². The van der Waals surface area contributed by atoms with E-state index >= 15 is 0 Å². The van der Waals surface area contributed by atoms with Gasteiger partial charge in [-0.15, -0.1) is 11.3 Å². The van der Waals surface area contributed by atoms with Crippen LogP contribution >= 0.6 is 11.3 Å². The van der Waals surface area contributed by atoms with Gasteiger partial charge in [-0.3, -0.25) is 14.5 Å². The molecule has 1 saturated heterocycles. The number of hydrogen-bond acceptors (Lipinski definition) is 5. The molecule has 1 unspecified atom stereocenters. The summed E-state index contributed by atoms with van der Waals surface area (Å²) in [5.74, 6) is 0.214. The van der Waals surface area contributed by atoms with Crippen LogP contribution in [-0.4, -0.2) is 75.1 Å². The molecule has 0 bridgehead atoms. The number of rotatable bonds is 5. The fourth-order valence-corrected chi connectivity index (χ4v) is 4.61. The van der Waals surface area contributed by atoms with Gasteiger partial charge in [-0.2, -0.15) is 0 Å². The maximum absolute atomic E-state index is 12.5. The molecule has 7 heteroatoms. The maximum atomic E-state index is 12.5. The van der Waals surface area contributed by atoms with Crippen molar-refractivity contribution in [3.05, 3.63) is 21.4 Å². The van der Waals surface area contributed by atoms with Gasteiger partial charge in [-0.25, -0.2) is 0 Å². The third-order valence-electron chi connectivity index (χ3n) is 4.90. The van der Waals surface area contributed by atoms with Gasteiger partial charge in [0.25, 0.3) is 5.91 Å². The van der Waals surface area contributed by atoms with Gasteiger partial charge in [0.05, 0.1) is 18.1 Å². The zero-order valence-corrected chi connectivity index (χ0v) is 15.9. The third-order valence-corrected chi connectivity index (χ3v) is 6.13. The summed E-state index contributed by atoms with van der Waals surface area (Å²) in [4.78, 5) is 30.6. The van der Waals surface area contributed by atoms with Crippen LogP contribution in [0, 0.1) is 5.92 Å². The number of amides is 2. The summed E-state index contributed by atoms with van der Waals surface area (Å²) in [6.45, 7) is 5.03. The molecule has 3 rings (SSSR count). The van der Waals surface area contributed by atoms with Gasteiger partial charge in [-0.05, 0) is 30.9 Å². The summed E-state index contributed by atoms with van der Waals surface area (Å²) in [5, 5.41) is 3.09. The number of morpholine rings is 1. The smallest absolute Gasteiger partial charge is 0.263 e. The highest BCUT2D eigenvalue weighted by atomic mass is 32.1. The zero-order chi connectivity index (χ0) is 17.8. The van der Waals surface area contributed by atoms with Crippen molar-refractivity contribution < 1.29 is 14.3 Å². The molecule has 2 amide bonds. The second-order valence-corrected chi connectivity index (χ2v) is 8.08. The Kier molecular flexibility index (Phi) is 6.09. The fraction of sp³-hybridized carbons (Fsp3) is 0.667. The molecule has 1 aromatic rings. The van der Waals surface area contributed by atoms with Crippen molar-refractivity contribution in [3.63, 3.8) is 0 Å². The monoisotopic (exact) mass is 365 g/mol. The predicted molar refractivity (Wildman–Crippen MR) is 98.1 cm³/mol. The van der Waals surface area contributed by atoms with E-state index < -0.39 is 0 Å². The number of nitrogens with zero attached hydrogens (tertiary/aromatic N) is 2. The lowest BCUT2D eigenvalue weighted by molar-refractivity contribution is -0.125. The number of aryl methyl sites for hydroxylation is 1. The van der Waals surface area contributed by atoms with Gasteiger partial charge in [-0.1, -0.05) is 0 Å². The molecule has 0 spiro atoms. The van der Waals surface area contributed by atoms with Crippen LogP contribution in [0.2, 0.25) is 0 Å². The normalized spacial score (nSPS) is 20.8. The van der Waals surface area contributed by atoms with E-state index in [0.29, 0.717) is 6.54 Å². The number of fused-ring (bicyclic) bond motifs is 1. The summed E-state index contributed by atoms with van der Waals surface area (Å²) < 4.78 is 5.33. The average molecular weight is 365 g/mol. The van der Waals surface area contributed by atoms with Gasteiger partial charge in [0, 0.05) is 51.1 Å². The Morgan fingerprint density at radius 1 is 1.36 bits per heavy atom. The molecule has 25 heavy (non-hydrogen) atoms. The fourth-order valence-electron chi connectivity index (χ4n) is 3.38. The SMILES string of the molecule is CN(C)C(=O)c1cc2c(s1)CCC(C(=O)NCCN1CCOCC1)C2. The average Bonchev–Trinajstić information content (AvgIpc) is 3.04. The molecule has 2 aliphatic rings. The second-order valence-electron chi connectivity index (χ2n) is 6.94. The Morgan fingerprint density at radius 3 is 2.84 bits per heavy atom. The highest BCUT2D eigenvalue weighted by molar-refractivity contribution is 7.14. The standard InChI is InChI=1S/C18H27N3O3S/c1-20(2)18(23)16-12-14-11-13(3-4-15(14)25-16)17(22)19-5-6-21-7-9-24-10-8-21/h12-13H,3-11H2,1-2H3,(H,19,22). The number of carbonyl (C=O) groups is 2. The van der Waals surface area contributed by atoms with E-state index in [1.807, 2.05) is 6.07 Å². The second kappa shape index (κ2) is 8.29. The first-order valence-corrected chi connectivity index (χ1v) is 9.77. The Bertz CT molecular complexity index is 623. The highest BCUT2D eigenvalue weighted by Gasteiger charge is 2.27. The third kappa shape index (κ3) is 4.59. The number of nitrogens with one attached hydrogen (secondary N) is 1. The Hall–Kier alpha value is -1.44. The minimum absolute atomic E-state index is 0.0223. The van der Waals surface area contributed by atoms with Gasteiger partial charge in [0.2, 0.25) is 5.91 Å². The molecular formula is C18H27N3O3S. The van der Waals surface area contributed by atoms with Gasteiger partial charge < -0.3 is 15.0 Å². The number of thiophene rings is 1. The first-order valence-electron chi connectivity index (χ1n) is 8.95. The van der Waals surface area contributed by atoms with Crippen molar-refractivity contribution in [3.8, 4) is 0 Å². The number of hydrogen-bond donors (Lipinski definition) is 1. The van der Waals surface area contributed by atoms with E-state index in [4.69, 9.17) is 4.74 Å². The molecular weight excluding hydrogens is 338 g/mol. The number of ether oxygens (including phenoxy) is 1. The van der Waals surface area contributed by atoms with Crippen LogP contribution in [0.1, 0.15) is 26.5 Å². The van der Waals surface area contributed by atoms with Crippen molar-refractivity contribution in [1.29, 1.82) is 0 Å². The summed E-state index contributed by atoms with van der Waals surface area (Å²) in [7, 11) is 3.54. The van der Waals surface area contributed by atoms with Crippen molar-refractivity contribution >= 4 is 23.2 Å². The molecule has 0 radical (unpaired) electrons. The van der Waals surface area contributed by atoms with Crippen LogP contribution in [0.25, 0.3) is 0 Å². The first kappa shape index (κ1) is 18.4. The lowest BCUT2D eigenvalue weighted by Crippen LogP contribution is -2.43. The zero-order valence-electron chi connectivity index (χ0n) is 15.0. The summed E-state index contributed by atoms with van der Waals surface area (Å²) in [5.41, 5.74) is 1.18. The highest BCUT2D eigenvalue weighted by Crippen LogP contribution is 2.32. The van der Waals surface area contributed by atoms with Gasteiger partial charge in [0.1, 0.15) is 0 Å². The largest absolute Gasteiger partial charge is 0.379 e. The molecule has 138 valence electrons. The van der Waals surface area contributed by atoms with E-state index in [9.17, 15) is 9.59 Å². The lowest BCUT2D eigenvalue weighted by atomic mass is 9.88. The van der Waals surface area contributed by atoms with Crippen molar-refractivity contribution in [2.24, 2.45) is 5.92 Å². The van der Waals surface area contributed by atoms with Gasteiger partial charge in [0.15, 0.2) is 0 Å². The minimum Gasteiger partial charge on any atom is -0.379 e. The maximum Gasteiger partial charge on any atom is 0.263 e. The van der Waals surface area contributed by atoms with Crippen LogP contribution in [0.15, 0.2) is 6.07 Å². The first-order chi connectivity index (χ1) is 12.0. The molecule has 1 aliphatic carbocycles. The van der Waals surface area contributed by atoms with Crippen LogP contribution in [0.3, 0.4) is 0 Å². The molecule has 6 nitrogen and oxygen atoms in total. The van der Waals surface area contributed by atoms with Crippen molar-refractivity contribution in [1.82, 2.24) is 15.1 Å². The van der Waals surface area contributed by atoms with E-state index in [1.54, 1.807) is 30.3 Å². The summed E-state index contributed by atoms with van der Waals surface area (Å²) >= 11 is 1.58. The van der Waals surface area contributed by atoms with Crippen LogP contribution < -0.4 is 5.32 Å². The summed E-state index contributed by atoms with van der Waals surface area (Å²) in [6.07, 6.45) is 2.50. The quantitative estimate of drug-likeness (QED) is 0.846. The predicted octanol–water partition coefficient (Wildman–Crippen LogP) is 1.00. The molecule has 1 aliphatic heterocycles. The summed E-state index contributed by atoms with van der Waals surface area (Å²) in [6, 6.07) is 1.98. The molecule has 2 heterocycles. The molecule has 1 N–H and O–H groups in total. The number of carbonyl (C=O) groups excluding carboxylic acids is 2. The molecule has 1 atom stereocenters. The topological polar surface area (TPSA) is 61.9 Å². The molecule has 1 aromatic heterocycles. The van der Waals surface area contributed by atoms with Crippen LogP contribution in [0.5, 0.6) is 0 Å².